The van der Waals surface area contributed by atoms with Crippen molar-refractivity contribution in [1.29, 1.82) is 0 Å². The minimum Gasteiger partial charge on any atom is -0.299 e. The molecule has 4 aromatic heterocycles. The number of halogens is 8. The van der Waals surface area contributed by atoms with Crippen LogP contribution in [0.1, 0.15) is 72.7 Å². The number of pyridine rings is 4. The first-order chi connectivity index (χ1) is 30.0. The van der Waals surface area contributed by atoms with Crippen molar-refractivity contribution < 1.29 is 77.3 Å². The summed E-state index contributed by atoms with van der Waals surface area (Å²) in [5, 5.41) is 0. The van der Waals surface area contributed by atoms with Crippen LogP contribution < -0.4 is 0 Å². The molecular weight excluding hydrogens is 1210 g/mol. The maximum atomic E-state index is 16.1. The maximum Gasteiger partial charge on any atom is 2.00 e. The van der Waals surface area contributed by atoms with Crippen LogP contribution in [-0.4, -0.2) is 19.9 Å². The van der Waals surface area contributed by atoms with E-state index >= 15 is 35.1 Å². The zero-order valence-corrected chi connectivity index (χ0v) is 38.7. The molecule has 65 heavy (non-hydrogen) atoms. The first-order valence-corrected chi connectivity index (χ1v) is 19.6. The average molecular weight is 1240 g/mol. The summed E-state index contributed by atoms with van der Waals surface area (Å²) in [6, 6.07) is 31.9. The molecule has 4 nitrogen and oxygen atoms in total. The van der Waals surface area contributed by atoms with Crippen LogP contribution in [0.3, 0.4) is 0 Å². The smallest absolute Gasteiger partial charge is 0.299 e. The Labute approximate surface area is 396 Å². The summed E-state index contributed by atoms with van der Waals surface area (Å²) in [5.74, 6) is -8.48. The molecule has 6 heterocycles. The van der Waals surface area contributed by atoms with Gasteiger partial charge < -0.3 is 0 Å². The van der Waals surface area contributed by atoms with Gasteiger partial charge in [-0.1, -0.05) is 145 Å². The van der Waals surface area contributed by atoms with Crippen molar-refractivity contribution in [2.75, 3.05) is 0 Å². The van der Waals surface area contributed by atoms with E-state index in [1.54, 1.807) is 24.3 Å². The number of benzene rings is 4. The second-order valence-electron chi connectivity index (χ2n) is 16.5. The zero-order chi connectivity index (χ0) is 44.3. The Kier molecular flexibility index (Phi) is 11.5. The van der Waals surface area contributed by atoms with Gasteiger partial charge in [-0.3, -0.25) is 55.1 Å². The van der Waals surface area contributed by atoms with Crippen molar-refractivity contribution in [3.05, 3.63) is 213 Å². The standard InChI is InChI=1S/C51H28F8N4.2Pt/c1-49(2)29-17-25(33(52)21-37(29)56)41-9-5-13-45(60-41)51(46-14-6-10-42(61-46)26-18-30(49)38(57)22-34(26)53)47-15-7-11-43(62-47)27-19-31(39(58)23-35(27)54)50(3,4)32-20-28(36(55)24-40(32)59)44-12-8-16-48(51)63-44;;/h5-16,21-24H,1-4H3;;/q-4;2*+2. The SMILES string of the molecule is CC1(C)c2[c-]c(c(F)cc2F)-c2cccc(n2)C2(c3cccc(n3)-c3[c-]c1c(F)cc3F)c1cccc(n1)-c1[c-]c(c(F)cc1F)C(C)(C)c1[c-]c(c(F)cc1F)-c1cccc2n1.[Pt+2].[Pt+2]. The summed E-state index contributed by atoms with van der Waals surface area (Å²) in [5.41, 5.74) is -7.64. The fourth-order valence-corrected chi connectivity index (χ4v) is 8.73. The first-order valence-electron chi connectivity index (χ1n) is 19.6. The second-order valence-corrected chi connectivity index (χ2v) is 16.5. The van der Waals surface area contributed by atoms with Gasteiger partial charge in [0, 0.05) is 46.5 Å². The molecular formula is C51H28F8N4Pt2. The zero-order valence-electron chi connectivity index (χ0n) is 34.2. The monoisotopic (exact) mass is 1240 g/mol. The Balaban J connectivity index is 0.00000288. The van der Waals surface area contributed by atoms with Gasteiger partial charge in [0.1, 0.15) is 5.41 Å². The van der Waals surface area contributed by atoms with Crippen LogP contribution in [0.2, 0.25) is 0 Å². The molecule has 0 amide bonds. The fourth-order valence-electron chi connectivity index (χ4n) is 8.73. The number of aromatic nitrogens is 4. The molecule has 0 radical (unpaired) electrons. The van der Waals surface area contributed by atoms with Crippen molar-refractivity contribution >= 4 is 0 Å². The van der Waals surface area contributed by atoms with Gasteiger partial charge >= 0.3 is 42.1 Å². The number of fused-ring (bicyclic) bond motifs is 24. The number of nitrogens with zero attached hydrogens (tertiary/aromatic N) is 4. The molecule has 0 unspecified atom stereocenters. The molecule has 2 aliphatic rings. The van der Waals surface area contributed by atoms with E-state index in [1.165, 1.54) is 76.2 Å². The summed E-state index contributed by atoms with van der Waals surface area (Å²) >= 11 is 0. The predicted octanol–water partition coefficient (Wildman–Crippen LogP) is 11.9. The Morgan fingerprint density at radius 1 is 0.338 bits per heavy atom. The molecule has 0 saturated heterocycles. The van der Waals surface area contributed by atoms with Gasteiger partial charge in [0.25, 0.3) is 0 Å². The van der Waals surface area contributed by atoms with E-state index in [9.17, 15) is 0 Å². The predicted molar refractivity (Wildman–Crippen MR) is 217 cm³/mol. The fraction of sp³-hybridized carbons (Fsp3) is 0.137. The van der Waals surface area contributed by atoms with Crippen molar-refractivity contribution in [3.8, 4) is 45.0 Å². The molecule has 1 spiro atoms. The van der Waals surface area contributed by atoms with E-state index in [-0.39, 0.29) is 132 Å². The van der Waals surface area contributed by atoms with E-state index in [2.05, 4.69) is 24.3 Å². The summed E-state index contributed by atoms with van der Waals surface area (Å²) in [6.07, 6.45) is 0. The minimum absolute atomic E-state index is 0. The van der Waals surface area contributed by atoms with Crippen LogP contribution in [0, 0.1) is 70.8 Å². The molecule has 328 valence electrons. The van der Waals surface area contributed by atoms with Gasteiger partial charge in [0.15, 0.2) is 0 Å². The van der Waals surface area contributed by atoms with Crippen molar-refractivity contribution in [2.45, 2.75) is 43.9 Å². The topological polar surface area (TPSA) is 51.6 Å². The summed E-state index contributed by atoms with van der Waals surface area (Å²) in [6.45, 7) is 5.88. The third-order valence-electron chi connectivity index (χ3n) is 12.0. The molecule has 10 rings (SSSR count). The van der Waals surface area contributed by atoms with Crippen molar-refractivity contribution in [3.63, 3.8) is 0 Å². The average Bonchev–Trinajstić information content (AvgIpc) is 3.23. The van der Waals surface area contributed by atoms with E-state index < -0.39 is 62.8 Å². The van der Waals surface area contributed by atoms with E-state index in [4.69, 9.17) is 19.9 Å². The quantitative estimate of drug-likeness (QED) is 0.112. The van der Waals surface area contributed by atoms with Crippen molar-refractivity contribution in [1.82, 2.24) is 19.9 Å². The van der Waals surface area contributed by atoms with E-state index in [0.29, 0.717) is 24.3 Å². The van der Waals surface area contributed by atoms with Crippen LogP contribution in [0.4, 0.5) is 35.1 Å². The summed E-state index contributed by atoms with van der Waals surface area (Å²) in [7, 11) is 0. The Morgan fingerprint density at radius 2 is 0.554 bits per heavy atom. The molecule has 4 aromatic carbocycles. The van der Waals surface area contributed by atoms with Gasteiger partial charge in [-0.15, -0.1) is 24.3 Å². The number of hydrogen-bond donors (Lipinski definition) is 0. The molecule has 0 aliphatic carbocycles. The Morgan fingerprint density at radius 3 is 0.769 bits per heavy atom. The van der Waals surface area contributed by atoms with Gasteiger partial charge in [-0.2, -0.15) is 0 Å². The molecule has 16 bridgehead atoms. The molecule has 0 fully saturated rings. The third-order valence-corrected chi connectivity index (χ3v) is 12.0. The van der Waals surface area contributed by atoms with E-state index in [0.717, 1.165) is 0 Å². The van der Waals surface area contributed by atoms with Gasteiger partial charge in [-0.25, -0.2) is 0 Å². The van der Waals surface area contributed by atoms with Gasteiger partial charge in [0.2, 0.25) is 0 Å². The van der Waals surface area contributed by atoms with Gasteiger partial charge in [-0.05, 0) is 57.9 Å². The van der Waals surface area contributed by atoms with Crippen LogP contribution in [0.25, 0.3) is 45.0 Å². The van der Waals surface area contributed by atoms with Crippen LogP contribution in [0.15, 0.2) is 97.1 Å². The second kappa shape index (κ2) is 16.3. The Hall–Kier alpha value is -5.70. The molecule has 0 atom stereocenters. The Bertz CT molecular complexity index is 2840. The molecule has 8 aromatic rings. The molecule has 14 heteroatoms. The van der Waals surface area contributed by atoms with Gasteiger partial charge in [0.05, 0.1) is 22.8 Å². The first kappa shape index (κ1) is 45.8. The van der Waals surface area contributed by atoms with Crippen molar-refractivity contribution in [2.24, 2.45) is 0 Å². The number of hydrogen-bond acceptors (Lipinski definition) is 4. The molecule has 0 N–H and O–H groups in total. The maximum absolute atomic E-state index is 16.1. The van der Waals surface area contributed by atoms with Crippen LogP contribution in [0.5, 0.6) is 0 Å². The summed E-state index contributed by atoms with van der Waals surface area (Å²) < 4.78 is 128. The third kappa shape index (κ3) is 7.01. The summed E-state index contributed by atoms with van der Waals surface area (Å²) in [4.78, 5) is 19.9. The largest absolute Gasteiger partial charge is 2.00 e. The molecule has 2 aliphatic heterocycles. The molecule has 0 saturated carbocycles. The van der Waals surface area contributed by atoms with Crippen LogP contribution in [-0.2, 0) is 58.4 Å². The van der Waals surface area contributed by atoms with E-state index in [1.807, 2.05) is 0 Å². The van der Waals surface area contributed by atoms with Crippen LogP contribution >= 0.6 is 0 Å². The minimum atomic E-state index is -1.98. The normalized spacial score (nSPS) is 14.6. The number of rotatable bonds is 0.